The molecule has 2 fully saturated rings. The van der Waals surface area contributed by atoms with Gasteiger partial charge in [-0.2, -0.15) is 0 Å². The molecule has 0 radical (unpaired) electrons. The van der Waals surface area contributed by atoms with E-state index in [-0.39, 0.29) is 28.9 Å². The standard InChI is InChI=1S/C20H25FN4O3/c1-3-12-10(2)7-24(9-16(12)22)19-15(21)6-13-17(26)14(20(27)28)8-25(11-4-5-11)18(13)23-19/h6,8,10-12,16H,3-5,7,9,22H2,1-2H3,(H,27,28)/t10-,12-,16+/m0/s1. The van der Waals surface area contributed by atoms with E-state index in [1.165, 1.54) is 6.20 Å². The van der Waals surface area contributed by atoms with Crippen molar-refractivity contribution in [1.82, 2.24) is 9.55 Å². The van der Waals surface area contributed by atoms with Gasteiger partial charge in [0.1, 0.15) is 11.2 Å². The number of carboxylic acid groups (broad SMARTS) is 1. The maximum Gasteiger partial charge on any atom is 0.341 e. The molecular weight excluding hydrogens is 363 g/mol. The minimum absolute atomic E-state index is 0.00819. The Hall–Kier alpha value is -2.48. The van der Waals surface area contributed by atoms with E-state index in [2.05, 4.69) is 18.8 Å². The highest BCUT2D eigenvalue weighted by atomic mass is 19.1. The van der Waals surface area contributed by atoms with Crippen LogP contribution in [0.4, 0.5) is 10.2 Å². The second kappa shape index (κ2) is 6.84. The lowest BCUT2D eigenvalue weighted by Crippen LogP contribution is -2.53. The van der Waals surface area contributed by atoms with Crippen molar-refractivity contribution in [1.29, 1.82) is 0 Å². The van der Waals surface area contributed by atoms with Gasteiger partial charge >= 0.3 is 5.97 Å². The first-order valence-electron chi connectivity index (χ1n) is 9.81. The third kappa shape index (κ3) is 3.05. The fourth-order valence-electron chi connectivity index (χ4n) is 4.49. The van der Waals surface area contributed by atoms with Gasteiger partial charge in [-0.1, -0.05) is 20.3 Å². The topological polar surface area (TPSA) is 101 Å². The number of hydrogen-bond acceptors (Lipinski definition) is 5. The number of fused-ring (bicyclic) bond motifs is 1. The molecule has 1 aliphatic heterocycles. The molecule has 0 bridgehead atoms. The summed E-state index contributed by atoms with van der Waals surface area (Å²) in [7, 11) is 0. The van der Waals surface area contributed by atoms with Crippen molar-refractivity contribution >= 4 is 22.8 Å². The van der Waals surface area contributed by atoms with Gasteiger partial charge in [-0.25, -0.2) is 14.2 Å². The summed E-state index contributed by atoms with van der Waals surface area (Å²) in [4.78, 5) is 30.4. The fraction of sp³-hybridized carbons (Fsp3) is 0.550. The number of aromatic nitrogens is 2. The summed E-state index contributed by atoms with van der Waals surface area (Å²) >= 11 is 0. The lowest BCUT2D eigenvalue weighted by atomic mass is 9.81. The highest BCUT2D eigenvalue weighted by molar-refractivity contribution is 5.92. The number of nitrogens with two attached hydrogens (primary N) is 1. The lowest BCUT2D eigenvalue weighted by molar-refractivity contribution is 0.0695. The molecule has 28 heavy (non-hydrogen) atoms. The Morgan fingerprint density at radius 1 is 1.39 bits per heavy atom. The van der Waals surface area contributed by atoms with Crippen molar-refractivity contribution in [3.63, 3.8) is 0 Å². The van der Waals surface area contributed by atoms with Gasteiger partial charge in [0.2, 0.25) is 5.43 Å². The van der Waals surface area contributed by atoms with Crippen molar-refractivity contribution in [2.24, 2.45) is 17.6 Å². The number of rotatable bonds is 4. The molecule has 3 atom stereocenters. The summed E-state index contributed by atoms with van der Waals surface area (Å²) < 4.78 is 16.7. The Kier molecular flexibility index (Phi) is 4.61. The second-order valence-electron chi connectivity index (χ2n) is 8.10. The van der Waals surface area contributed by atoms with Crippen molar-refractivity contribution in [3.8, 4) is 0 Å². The molecule has 3 N–H and O–H groups in total. The SMILES string of the molecule is CC[C@@H]1[C@H](N)CN(c2nc3c(cc2F)c(=O)c(C(=O)O)cn3C2CC2)C[C@@H]1C. The van der Waals surface area contributed by atoms with Gasteiger partial charge in [-0.05, 0) is 30.7 Å². The summed E-state index contributed by atoms with van der Waals surface area (Å²) in [6, 6.07) is 1.15. The van der Waals surface area contributed by atoms with Crippen LogP contribution in [0, 0.1) is 17.7 Å². The lowest BCUT2D eigenvalue weighted by Gasteiger charge is -2.41. The average Bonchev–Trinajstić information content (AvgIpc) is 3.46. The maximum atomic E-state index is 15.0. The predicted octanol–water partition coefficient (Wildman–Crippen LogP) is 2.38. The predicted molar refractivity (Wildman–Crippen MR) is 104 cm³/mol. The maximum absolute atomic E-state index is 15.0. The second-order valence-corrected chi connectivity index (χ2v) is 8.10. The van der Waals surface area contributed by atoms with Crippen LogP contribution in [0.2, 0.25) is 0 Å². The molecule has 1 saturated heterocycles. The summed E-state index contributed by atoms with van der Waals surface area (Å²) in [5.41, 5.74) is 5.61. The van der Waals surface area contributed by atoms with Crippen LogP contribution in [0.15, 0.2) is 17.1 Å². The first-order chi connectivity index (χ1) is 13.3. The smallest absolute Gasteiger partial charge is 0.341 e. The van der Waals surface area contributed by atoms with Crippen LogP contribution in [-0.2, 0) is 0 Å². The molecule has 1 aliphatic carbocycles. The normalized spacial score (nSPS) is 25.3. The summed E-state index contributed by atoms with van der Waals surface area (Å²) in [5, 5.41) is 9.34. The van der Waals surface area contributed by atoms with Gasteiger partial charge < -0.3 is 20.3 Å². The van der Waals surface area contributed by atoms with Gasteiger partial charge in [0.25, 0.3) is 0 Å². The van der Waals surface area contributed by atoms with Gasteiger partial charge in [0, 0.05) is 31.4 Å². The molecule has 2 aromatic rings. The van der Waals surface area contributed by atoms with E-state index in [1.54, 1.807) is 4.57 Å². The summed E-state index contributed by atoms with van der Waals surface area (Å²) in [5.74, 6) is -1.08. The molecule has 2 aliphatic rings. The zero-order valence-electron chi connectivity index (χ0n) is 16.1. The quantitative estimate of drug-likeness (QED) is 0.834. The van der Waals surface area contributed by atoms with Crippen LogP contribution in [0.5, 0.6) is 0 Å². The first kappa shape index (κ1) is 18.9. The highest BCUT2D eigenvalue weighted by Gasteiger charge is 2.34. The van der Waals surface area contributed by atoms with Crippen LogP contribution in [0.3, 0.4) is 0 Å². The Labute approximate surface area is 162 Å². The van der Waals surface area contributed by atoms with E-state index in [0.717, 1.165) is 25.3 Å². The molecule has 2 aromatic heterocycles. The molecule has 0 amide bonds. The first-order valence-corrected chi connectivity index (χ1v) is 9.81. The van der Waals surface area contributed by atoms with Crippen molar-refractivity contribution in [3.05, 3.63) is 33.9 Å². The molecule has 7 nitrogen and oxygen atoms in total. The Morgan fingerprint density at radius 2 is 2.11 bits per heavy atom. The number of carboxylic acids is 1. The minimum atomic E-state index is -1.31. The Morgan fingerprint density at radius 3 is 2.68 bits per heavy atom. The van der Waals surface area contributed by atoms with Crippen LogP contribution in [-0.4, -0.2) is 39.8 Å². The summed E-state index contributed by atoms with van der Waals surface area (Å²) in [6.45, 7) is 5.36. The molecule has 0 aromatic carbocycles. The van der Waals surface area contributed by atoms with E-state index in [0.29, 0.717) is 30.6 Å². The van der Waals surface area contributed by atoms with Crippen molar-refractivity contribution in [2.45, 2.75) is 45.2 Å². The van der Waals surface area contributed by atoms with Crippen molar-refractivity contribution < 1.29 is 14.3 Å². The molecule has 0 unspecified atom stereocenters. The third-order valence-corrected chi connectivity index (χ3v) is 6.10. The van der Waals surface area contributed by atoms with Gasteiger partial charge in [-0.3, -0.25) is 4.79 Å². The highest BCUT2D eigenvalue weighted by Crippen LogP contribution is 2.37. The number of anilines is 1. The number of pyridine rings is 2. The summed E-state index contributed by atoms with van der Waals surface area (Å²) in [6.07, 6.45) is 4.09. The Bertz CT molecular complexity index is 989. The van der Waals surface area contributed by atoms with E-state index in [4.69, 9.17) is 5.73 Å². The Balaban J connectivity index is 1.84. The molecule has 150 valence electrons. The number of aromatic carboxylic acids is 1. The fourth-order valence-corrected chi connectivity index (χ4v) is 4.49. The zero-order valence-corrected chi connectivity index (χ0v) is 16.1. The van der Waals surface area contributed by atoms with Crippen LogP contribution >= 0.6 is 0 Å². The number of nitrogens with zero attached hydrogens (tertiary/aromatic N) is 3. The van der Waals surface area contributed by atoms with Gasteiger partial charge in [-0.15, -0.1) is 0 Å². The molecular formula is C20H25FN4O3. The molecule has 3 heterocycles. The molecule has 4 rings (SSSR count). The van der Waals surface area contributed by atoms with Gasteiger partial charge in [0.15, 0.2) is 11.6 Å². The van der Waals surface area contributed by atoms with E-state index >= 15 is 0 Å². The number of hydrogen-bond donors (Lipinski definition) is 2. The number of halogens is 1. The molecule has 1 saturated carbocycles. The number of carbonyl (C=O) groups is 1. The molecule has 8 heteroatoms. The third-order valence-electron chi connectivity index (χ3n) is 6.10. The minimum Gasteiger partial charge on any atom is -0.477 e. The van der Waals surface area contributed by atoms with E-state index in [9.17, 15) is 19.1 Å². The van der Waals surface area contributed by atoms with E-state index < -0.39 is 17.2 Å². The van der Waals surface area contributed by atoms with Crippen molar-refractivity contribution in [2.75, 3.05) is 18.0 Å². The number of piperidine rings is 1. The van der Waals surface area contributed by atoms with Crippen LogP contribution in [0.1, 0.15) is 49.5 Å². The van der Waals surface area contributed by atoms with Crippen LogP contribution in [0.25, 0.3) is 11.0 Å². The van der Waals surface area contributed by atoms with E-state index in [1.807, 2.05) is 4.90 Å². The average molecular weight is 388 g/mol. The van der Waals surface area contributed by atoms with Crippen LogP contribution < -0.4 is 16.1 Å². The zero-order chi connectivity index (χ0) is 20.2. The largest absolute Gasteiger partial charge is 0.477 e. The monoisotopic (exact) mass is 388 g/mol. The van der Waals surface area contributed by atoms with Gasteiger partial charge in [0.05, 0.1) is 5.39 Å². The molecule has 0 spiro atoms.